The Bertz CT molecular complexity index is 320. The molecular weight excluding hydrogens is 212 g/mol. The van der Waals surface area contributed by atoms with E-state index >= 15 is 0 Å². The number of aliphatic hydroxyl groups excluding tert-OH is 2. The summed E-state index contributed by atoms with van der Waals surface area (Å²) in [4.78, 5) is 0. The molecule has 5 heteroatoms. The summed E-state index contributed by atoms with van der Waals surface area (Å²) >= 11 is 0. The number of ether oxygens (including phenoxy) is 1. The van der Waals surface area contributed by atoms with Gasteiger partial charge in [0.1, 0.15) is 11.7 Å². The van der Waals surface area contributed by atoms with Crippen molar-refractivity contribution < 1.29 is 25.2 Å². The van der Waals surface area contributed by atoms with E-state index < -0.39 is 35.1 Å². The van der Waals surface area contributed by atoms with Gasteiger partial charge >= 0.3 is 0 Å². The maximum absolute atomic E-state index is 10.5. The minimum absolute atomic E-state index is 0.629. The number of rotatable bonds is 0. The summed E-state index contributed by atoms with van der Waals surface area (Å²) in [5, 5.41) is 40.8. The molecule has 3 fully saturated rings. The van der Waals surface area contributed by atoms with Crippen LogP contribution in [0.2, 0.25) is 0 Å². The van der Waals surface area contributed by atoms with Gasteiger partial charge < -0.3 is 25.2 Å². The Kier molecular flexibility index (Phi) is 1.90. The molecule has 2 aliphatic carbocycles. The molecule has 0 aromatic carbocycles. The molecule has 0 amide bonds. The van der Waals surface area contributed by atoms with Crippen LogP contribution in [0.15, 0.2) is 0 Å². The van der Waals surface area contributed by atoms with Crippen LogP contribution >= 0.6 is 0 Å². The summed E-state index contributed by atoms with van der Waals surface area (Å²) in [5.74, 6) is 0. The molecule has 1 saturated heterocycles. The highest BCUT2D eigenvalue weighted by atomic mass is 16.6. The number of hydrogen-bond donors (Lipinski definition) is 4. The summed E-state index contributed by atoms with van der Waals surface area (Å²) in [6.45, 7) is 1.59. The first-order valence-corrected chi connectivity index (χ1v) is 5.88. The van der Waals surface area contributed by atoms with E-state index in [1.165, 1.54) is 0 Å². The van der Waals surface area contributed by atoms with Gasteiger partial charge in [0.2, 0.25) is 0 Å². The SMILES string of the molecule is C[C@@H]1OC(O)[C@@]2(O)C3(CCCC3)[C@@]2(O)[C@H]1O. The fourth-order valence-electron chi connectivity index (χ4n) is 4.10. The predicted octanol–water partition coefficient (Wildman–Crippen LogP) is -0.879. The molecule has 1 unspecified atom stereocenters. The minimum atomic E-state index is -1.69. The van der Waals surface area contributed by atoms with Crippen LogP contribution in [0, 0.1) is 5.41 Å². The third-order valence-corrected chi connectivity index (χ3v) is 5.01. The van der Waals surface area contributed by atoms with Crippen molar-refractivity contribution in [1.29, 1.82) is 0 Å². The quantitative estimate of drug-likeness (QED) is 0.434. The lowest BCUT2D eigenvalue weighted by Gasteiger charge is -2.35. The first-order chi connectivity index (χ1) is 7.42. The van der Waals surface area contributed by atoms with Gasteiger partial charge in [-0.1, -0.05) is 12.8 Å². The van der Waals surface area contributed by atoms with Crippen LogP contribution in [0.1, 0.15) is 32.6 Å². The second-order valence-corrected chi connectivity index (χ2v) is 5.46. The molecule has 2 saturated carbocycles. The Hall–Kier alpha value is -0.200. The van der Waals surface area contributed by atoms with E-state index in [-0.39, 0.29) is 0 Å². The maximum Gasteiger partial charge on any atom is 0.187 e. The van der Waals surface area contributed by atoms with Gasteiger partial charge in [-0.05, 0) is 19.8 Å². The van der Waals surface area contributed by atoms with E-state index in [4.69, 9.17) is 4.74 Å². The standard InChI is InChI=1S/C11H18O5/c1-6-7(12)10(14)9(4-2-3-5-9)11(10,15)8(13)16-6/h6-8,12-15H,2-5H2,1H3/t6-,7-,8?,10-,11+/m0/s1. The topological polar surface area (TPSA) is 90.2 Å². The summed E-state index contributed by atoms with van der Waals surface area (Å²) in [5.41, 5.74) is -4.07. The van der Waals surface area contributed by atoms with Crippen molar-refractivity contribution in [1.82, 2.24) is 0 Å². The van der Waals surface area contributed by atoms with Gasteiger partial charge in [-0.25, -0.2) is 0 Å². The Morgan fingerprint density at radius 1 is 1.06 bits per heavy atom. The molecule has 5 nitrogen and oxygen atoms in total. The van der Waals surface area contributed by atoms with Crippen molar-refractivity contribution in [3.63, 3.8) is 0 Å². The van der Waals surface area contributed by atoms with Gasteiger partial charge in [-0.3, -0.25) is 0 Å². The van der Waals surface area contributed by atoms with Crippen molar-refractivity contribution in [3.8, 4) is 0 Å². The van der Waals surface area contributed by atoms with Crippen LogP contribution in [-0.2, 0) is 4.74 Å². The molecule has 1 heterocycles. The van der Waals surface area contributed by atoms with Crippen molar-refractivity contribution in [2.75, 3.05) is 0 Å². The predicted molar refractivity (Wildman–Crippen MR) is 53.4 cm³/mol. The molecule has 5 atom stereocenters. The lowest BCUT2D eigenvalue weighted by Crippen LogP contribution is -2.56. The summed E-state index contributed by atoms with van der Waals surface area (Å²) in [7, 11) is 0. The van der Waals surface area contributed by atoms with E-state index in [2.05, 4.69) is 0 Å². The molecule has 1 aliphatic heterocycles. The van der Waals surface area contributed by atoms with Crippen molar-refractivity contribution in [2.45, 2.75) is 62.3 Å². The molecule has 3 rings (SSSR count). The number of fused-ring (bicyclic) bond motifs is 3. The van der Waals surface area contributed by atoms with E-state index in [1.54, 1.807) is 6.92 Å². The van der Waals surface area contributed by atoms with Crippen LogP contribution in [0.3, 0.4) is 0 Å². The normalized spacial score (nSPS) is 58.7. The highest BCUT2D eigenvalue weighted by molar-refractivity contribution is 5.41. The van der Waals surface area contributed by atoms with Crippen LogP contribution in [-0.4, -0.2) is 50.1 Å². The van der Waals surface area contributed by atoms with Gasteiger partial charge in [0.25, 0.3) is 0 Å². The fraction of sp³-hybridized carbons (Fsp3) is 1.00. The minimum Gasteiger partial charge on any atom is -0.387 e. The highest BCUT2D eigenvalue weighted by Gasteiger charge is 2.94. The molecular formula is C11H18O5. The molecule has 4 N–H and O–H groups in total. The summed E-state index contributed by atoms with van der Waals surface area (Å²) in [6, 6.07) is 0. The van der Waals surface area contributed by atoms with Gasteiger partial charge in [0.05, 0.1) is 6.10 Å². The maximum atomic E-state index is 10.5. The first kappa shape index (κ1) is 10.9. The molecule has 16 heavy (non-hydrogen) atoms. The molecule has 0 radical (unpaired) electrons. The van der Waals surface area contributed by atoms with E-state index in [0.717, 1.165) is 12.8 Å². The largest absolute Gasteiger partial charge is 0.387 e. The van der Waals surface area contributed by atoms with Gasteiger partial charge in [-0.2, -0.15) is 0 Å². The third-order valence-electron chi connectivity index (χ3n) is 5.01. The first-order valence-electron chi connectivity index (χ1n) is 5.88. The lowest BCUT2D eigenvalue weighted by molar-refractivity contribution is -0.278. The molecule has 92 valence electrons. The van der Waals surface area contributed by atoms with Gasteiger partial charge in [0.15, 0.2) is 11.9 Å². The van der Waals surface area contributed by atoms with E-state index in [9.17, 15) is 20.4 Å². The molecule has 0 aromatic heterocycles. The zero-order chi connectivity index (χ0) is 11.8. The zero-order valence-corrected chi connectivity index (χ0v) is 9.26. The zero-order valence-electron chi connectivity index (χ0n) is 9.26. The van der Waals surface area contributed by atoms with Crippen LogP contribution in [0.25, 0.3) is 0 Å². The second kappa shape index (κ2) is 2.79. The van der Waals surface area contributed by atoms with Gasteiger partial charge in [0, 0.05) is 5.41 Å². The third kappa shape index (κ3) is 0.781. The molecule has 1 spiro atoms. The summed E-state index contributed by atoms with van der Waals surface area (Å²) < 4.78 is 5.10. The number of hydrogen-bond acceptors (Lipinski definition) is 5. The highest BCUT2D eigenvalue weighted by Crippen LogP contribution is 2.76. The second-order valence-electron chi connectivity index (χ2n) is 5.46. The molecule has 0 bridgehead atoms. The average Bonchev–Trinajstić information content (AvgIpc) is 2.62. The van der Waals surface area contributed by atoms with Crippen molar-refractivity contribution in [2.24, 2.45) is 5.41 Å². The van der Waals surface area contributed by atoms with Crippen LogP contribution < -0.4 is 0 Å². The molecule has 3 aliphatic rings. The van der Waals surface area contributed by atoms with Crippen LogP contribution in [0.5, 0.6) is 0 Å². The monoisotopic (exact) mass is 230 g/mol. The lowest BCUT2D eigenvalue weighted by atomic mass is 9.94. The molecule has 0 aromatic rings. The Morgan fingerprint density at radius 2 is 1.62 bits per heavy atom. The van der Waals surface area contributed by atoms with Crippen molar-refractivity contribution in [3.05, 3.63) is 0 Å². The van der Waals surface area contributed by atoms with Crippen molar-refractivity contribution >= 4 is 0 Å². The van der Waals surface area contributed by atoms with E-state index in [1.807, 2.05) is 0 Å². The number of aliphatic hydroxyl groups is 4. The Morgan fingerprint density at radius 3 is 2.19 bits per heavy atom. The smallest absolute Gasteiger partial charge is 0.187 e. The Labute approximate surface area is 93.7 Å². The van der Waals surface area contributed by atoms with Crippen LogP contribution in [0.4, 0.5) is 0 Å². The summed E-state index contributed by atoms with van der Waals surface area (Å²) in [6.07, 6.45) is -0.154. The Balaban J connectivity index is 2.06. The fourth-order valence-corrected chi connectivity index (χ4v) is 4.10. The van der Waals surface area contributed by atoms with E-state index in [0.29, 0.717) is 12.8 Å². The average molecular weight is 230 g/mol. The van der Waals surface area contributed by atoms with Gasteiger partial charge in [-0.15, -0.1) is 0 Å².